The van der Waals surface area contributed by atoms with Crippen molar-refractivity contribution in [3.8, 4) is 22.5 Å². The minimum atomic E-state index is -0.124. The van der Waals surface area contributed by atoms with Gasteiger partial charge in [-0.3, -0.25) is 8.80 Å². The Balaban J connectivity index is 1.72. The molecule has 0 radical (unpaired) electrons. The van der Waals surface area contributed by atoms with Crippen LogP contribution in [0.1, 0.15) is 41.5 Å². The molecule has 0 unspecified atom stereocenters. The molecule has 5 rings (SSSR count). The molecule has 6 nitrogen and oxygen atoms in total. The molecule has 0 spiro atoms. The summed E-state index contributed by atoms with van der Waals surface area (Å²) < 4.78 is 5.19. The number of aromatic nitrogens is 4. The number of hydrogen-bond donors (Lipinski definition) is 2. The third-order valence-corrected chi connectivity index (χ3v) is 5.95. The van der Waals surface area contributed by atoms with E-state index < -0.39 is 0 Å². The van der Waals surface area contributed by atoms with E-state index in [-0.39, 0.29) is 11.1 Å². The molecule has 4 heterocycles. The second-order valence-electron chi connectivity index (χ2n) is 11.0. The monoisotopic (exact) mass is 530 g/mol. The molecule has 2 N–H and O–H groups in total. The van der Waals surface area contributed by atoms with E-state index in [1.54, 1.807) is 0 Å². The second-order valence-corrected chi connectivity index (χ2v) is 11.9. The normalized spacial score (nSPS) is 12.4. The molecule has 0 saturated heterocycles. The van der Waals surface area contributed by atoms with E-state index in [1.807, 2.05) is 48.8 Å². The van der Waals surface area contributed by atoms with Crippen molar-refractivity contribution in [1.82, 2.24) is 18.8 Å². The van der Waals surface area contributed by atoms with Gasteiger partial charge in [-0.15, -0.1) is 0 Å². The first-order valence-electron chi connectivity index (χ1n) is 11.8. The molecular weight excluding hydrogens is 500 g/mol. The number of rotatable bonds is 4. The van der Waals surface area contributed by atoms with Gasteiger partial charge in [-0.1, -0.05) is 28.1 Å². The van der Waals surface area contributed by atoms with E-state index in [0.29, 0.717) is 0 Å². The van der Waals surface area contributed by atoms with E-state index in [2.05, 4.69) is 95.1 Å². The van der Waals surface area contributed by atoms with Crippen molar-refractivity contribution in [2.24, 2.45) is 0 Å². The fourth-order valence-electron chi connectivity index (χ4n) is 4.21. The van der Waals surface area contributed by atoms with Gasteiger partial charge in [0.15, 0.2) is 0 Å². The highest BCUT2D eigenvalue weighted by molar-refractivity contribution is 9.10. The summed E-state index contributed by atoms with van der Waals surface area (Å²) in [5, 5.41) is 7.33. The van der Waals surface area contributed by atoms with Crippen LogP contribution in [-0.4, -0.2) is 29.8 Å². The maximum atomic E-state index is 5.01. The Bertz CT molecular complexity index is 1420. The number of benzene rings is 1. The molecule has 0 aliphatic heterocycles. The summed E-state index contributed by atoms with van der Waals surface area (Å²) >= 11 is 3.76. The number of fused-ring (bicyclic) bond motifs is 2. The van der Waals surface area contributed by atoms with Crippen molar-refractivity contribution < 1.29 is 0 Å². The zero-order valence-corrected chi connectivity index (χ0v) is 22.6. The molecule has 0 aliphatic rings. The molecule has 0 fully saturated rings. The molecule has 5 aromatic rings. The van der Waals surface area contributed by atoms with Crippen LogP contribution in [-0.2, 0) is 0 Å². The summed E-state index contributed by atoms with van der Waals surface area (Å²) in [6.45, 7) is 13.0. The van der Waals surface area contributed by atoms with E-state index in [9.17, 15) is 0 Å². The highest BCUT2D eigenvalue weighted by Gasteiger charge is 2.23. The Morgan fingerprint density at radius 2 is 1.09 bits per heavy atom. The van der Waals surface area contributed by atoms with Gasteiger partial charge in [0.1, 0.15) is 34.3 Å². The summed E-state index contributed by atoms with van der Waals surface area (Å²) in [4.78, 5) is 10.0. The predicted molar refractivity (Wildman–Crippen MR) is 149 cm³/mol. The number of imidazole rings is 2. The van der Waals surface area contributed by atoms with Crippen LogP contribution in [0.4, 0.5) is 11.6 Å². The SMILES string of the molecule is CC(C)(C)Nc1c(-c2cc(Br)cc(-c3nc4ccccn4c3NC(C)(C)C)c2)nc2ccccn12. The highest BCUT2D eigenvalue weighted by atomic mass is 79.9. The Labute approximate surface area is 214 Å². The van der Waals surface area contributed by atoms with Gasteiger partial charge >= 0.3 is 0 Å². The summed E-state index contributed by atoms with van der Waals surface area (Å²) in [7, 11) is 0. The number of pyridine rings is 2. The standard InChI is InChI=1S/C28H31BrN6/c1-27(2,3)32-25-23(30-21-11-7-9-13-34(21)25)18-15-19(17-20(29)16-18)24-26(33-28(4,5)6)35-14-10-8-12-22(35)31-24/h7-17,32-33H,1-6H3. The van der Waals surface area contributed by atoms with Crippen molar-refractivity contribution >= 4 is 38.9 Å². The lowest BCUT2D eigenvalue weighted by Gasteiger charge is -2.23. The highest BCUT2D eigenvalue weighted by Crippen LogP contribution is 2.38. The molecule has 0 aliphatic carbocycles. The average Bonchev–Trinajstić information content (AvgIpc) is 3.30. The fourth-order valence-corrected chi connectivity index (χ4v) is 4.70. The number of nitrogens with zero attached hydrogens (tertiary/aromatic N) is 4. The van der Waals surface area contributed by atoms with Crippen molar-refractivity contribution in [2.75, 3.05) is 10.6 Å². The second kappa shape index (κ2) is 8.41. The first kappa shape index (κ1) is 23.4. The van der Waals surface area contributed by atoms with Gasteiger partial charge in [-0.25, -0.2) is 9.97 Å². The molecule has 0 bridgehead atoms. The molecule has 0 amide bonds. The third-order valence-electron chi connectivity index (χ3n) is 5.49. The van der Waals surface area contributed by atoms with Crippen LogP contribution in [0.15, 0.2) is 71.5 Å². The minimum absolute atomic E-state index is 0.124. The lowest BCUT2D eigenvalue weighted by atomic mass is 10.0. The Kier molecular flexibility index (Phi) is 5.63. The molecular formula is C28H31BrN6. The van der Waals surface area contributed by atoms with Gasteiger partial charge in [0.25, 0.3) is 0 Å². The van der Waals surface area contributed by atoms with E-state index in [1.165, 1.54) is 0 Å². The van der Waals surface area contributed by atoms with Crippen molar-refractivity contribution in [3.05, 3.63) is 71.5 Å². The maximum Gasteiger partial charge on any atom is 0.139 e. The van der Waals surface area contributed by atoms with Gasteiger partial charge in [-0.05, 0) is 84.0 Å². The van der Waals surface area contributed by atoms with Crippen molar-refractivity contribution in [1.29, 1.82) is 0 Å². The smallest absolute Gasteiger partial charge is 0.139 e. The molecule has 4 aromatic heterocycles. The maximum absolute atomic E-state index is 5.01. The third kappa shape index (κ3) is 4.78. The molecule has 180 valence electrons. The van der Waals surface area contributed by atoms with Crippen LogP contribution in [0.2, 0.25) is 0 Å². The van der Waals surface area contributed by atoms with Gasteiger partial charge in [0.05, 0.1) is 0 Å². The van der Waals surface area contributed by atoms with Crippen LogP contribution < -0.4 is 10.6 Å². The van der Waals surface area contributed by atoms with Crippen LogP contribution in [0.25, 0.3) is 33.8 Å². The summed E-state index contributed by atoms with van der Waals surface area (Å²) in [6.07, 6.45) is 4.10. The Hall–Kier alpha value is -3.32. The van der Waals surface area contributed by atoms with Gasteiger partial charge in [-0.2, -0.15) is 0 Å². The topological polar surface area (TPSA) is 58.7 Å². The Morgan fingerprint density at radius 3 is 1.49 bits per heavy atom. The minimum Gasteiger partial charge on any atom is -0.365 e. The lowest BCUT2D eigenvalue weighted by molar-refractivity contribution is 0.629. The molecule has 35 heavy (non-hydrogen) atoms. The van der Waals surface area contributed by atoms with E-state index in [4.69, 9.17) is 9.97 Å². The van der Waals surface area contributed by atoms with Crippen LogP contribution in [0, 0.1) is 0 Å². The fraction of sp³-hybridized carbons (Fsp3) is 0.286. The number of nitrogens with one attached hydrogen (secondary N) is 2. The zero-order valence-electron chi connectivity index (χ0n) is 21.0. The predicted octanol–water partition coefficient (Wildman–Crippen LogP) is 7.50. The largest absolute Gasteiger partial charge is 0.365 e. The molecule has 0 atom stereocenters. The van der Waals surface area contributed by atoms with E-state index >= 15 is 0 Å². The summed E-state index contributed by atoms with van der Waals surface area (Å²) in [5.41, 5.74) is 5.40. The van der Waals surface area contributed by atoms with Crippen LogP contribution in [0.5, 0.6) is 0 Å². The summed E-state index contributed by atoms with van der Waals surface area (Å²) in [5.74, 6) is 1.94. The quantitative estimate of drug-likeness (QED) is 0.252. The summed E-state index contributed by atoms with van der Waals surface area (Å²) in [6, 6.07) is 18.6. The molecule has 1 aromatic carbocycles. The van der Waals surface area contributed by atoms with Gasteiger partial charge in [0.2, 0.25) is 0 Å². The number of anilines is 2. The van der Waals surface area contributed by atoms with E-state index in [0.717, 1.165) is 49.9 Å². The molecule has 0 saturated carbocycles. The first-order chi connectivity index (χ1) is 16.5. The Morgan fingerprint density at radius 1 is 0.657 bits per heavy atom. The van der Waals surface area contributed by atoms with Crippen LogP contribution >= 0.6 is 15.9 Å². The van der Waals surface area contributed by atoms with Crippen molar-refractivity contribution in [3.63, 3.8) is 0 Å². The number of hydrogen-bond acceptors (Lipinski definition) is 4. The van der Waals surface area contributed by atoms with Gasteiger partial charge in [0, 0.05) is 39.1 Å². The number of halogens is 1. The molecule has 7 heteroatoms. The zero-order chi connectivity index (χ0) is 25.0. The lowest BCUT2D eigenvalue weighted by Crippen LogP contribution is -2.27. The van der Waals surface area contributed by atoms with Crippen molar-refractivity contribution in [2.45, 2.75) is 52.6 Å². The van der Waals surface area contributed by atoms with Crippen LogP contribution in [0.3, 0.4) is 0 Å². The van der Waals surface area contributed by atoms with Gasteiger partial charge < -0.3 is 10.6 Å². The first-order valence-corrected chi connectivity index (χ1v) is 12.6. The average molecular weight is 532 g/mol.